The molecule has 1 saturated carbocycles. The molecule has 5 nitrogen and oxygen atoms in total. The maximum absolute atomic E-state index is 11.5. The Morgan fingerprint density at radius 2 is 2.31 bits per heavy atom. The highest BCUT2D eigenvalue weighted by atomic mass is 32.2. The third kappa shape index (κ3) is 2.62. The molecular formula is C10H17NO4S. The molecule has 16 heavy (non-hydrogen) atoms. The second-order valence-electron chi connectivity index (χ2n) is 4.36. The van der Waals surface area contributed by atoms with Crippen LogP contribution in [0, 0.1) is 5.41 Å². The lowest BCUT2D eigenvalue weighted by Gasteiger charge is -2.27. The van der Waals surface area contributed by atoms with Crippen molar-refractivity contribution in [2.75, 3.05) is 5.75 Å². The first-order valence-electron chi connectivity index (χ1n) is 5.16. The Morgan fingerprint density at radius 3 is 2.81 bits per heavy atom. The van der Waals surface area contributed by atoms with Gasteiger partial charge in [-0.3, -0.25) is 4.79 Å². The molecule has 1 aliphatic rings. The first kappa shape index (κ1) is 13.2. The van der Waals surface area contributed by atoms with Crippen LogP contribution >= 0.6 is 0 Å². The molecule has 6 heteroatoms. The molecule has 0 aliphatic heterocycles. The molecule has 1 aliphatic carbocycles. The van der Waals surface area contributed by atoms with Gasteiger partial charge in [0, 0.05) is 6.04 Å². The van der Waals surface area contributed by atoms with Crippen molar-refractivity contribution in [3.8, 4) is 0 Å². The molecule has 0 aromatic rings. The van der Waals surface area contributed by atoms with Crippen LogP contribution in [-0.2, 0) is 14.8 Å². The second-order valence-corrected chi connectivity index (χ2v) is 6.15. The number of carboxylic acids is 1. The van der Waals surface area contributed by atoms with Crippen molar-refractivity contribution in [3.63, 3.8) is 0 Å². The minimum Gasteiger partial charge on any atom is -0.481 e. The lowest BCUT2D eigenvalue weighted by molar-refractivity contribution is -0.148. The fourth-order valence-corrected chi connectivity index (χ4v) is 3.25. The Morgan fingerprint density at radius 1 is 1.69 bits per heavy atom. The van der Waals surface area contributed by atoms with Crippen LogP contribution < -0.4 is 4.72 Å². The van der Waals surface area contributed by atoms with Gasteiger partial charge in [-0.1, -0.05) is 12.5 Å². The van der Waals surface area contributed by atoms with E-state index < -0.39 is 27.4 Å². The van der Waals surface area contributed by atoms with Crippen molar-refractivity contribution in [3.05, 3.63) is 12.7 Å². The van der Waals surface area contributed by atoms with Crippen LogP contribution in [0.4, 0.5) is 0 Å². The van der Waals surface area contributed by atoms with E-state index in [4.69, 9.17) is 5.11 Å². The number of sulfonamides is 1. The summed E-state index contributed by atoms with van der Waals surface area (Å²) in [7, 11) is -3.45. The van der Waals surface area contributed by atoms with Crippen molar-refractivity contribution < 1.29 is 18.3 Å². The van der Waals surface area contributed by atoms with Crippen LogP contribution in [0.15, 0.2) is 12.7 Å². The van der Waals surface area contributed by atoms with Gasteiger partial charge < -0.3 is 5.11 Å². The van der Waals surface area contributed by atoms with Crippen LogP contribution in [0.2, 0.25) is 0 Å². The molecule has 2 atom stereocenters. The summed E-state index contributed by atoms with van der Waals surface area (Å²) in [6.45, 7) is 4.94. The van der Waals surface area contributed by atoms with Crippen molar-refractivity contribution in [2.45, 2.75) is 32.2 Å². The van der Waals surface area contributed by atoms with Gasteiger partial charge in [0.25, 0.3) is 0 Å². The average Bonchev–Trinajstić information content (AvgIpc) is 2.48. The Balaban J connectivity index is 2.82. The molecule has 0 bridgehead atoms. The summed E-state index contributed by atoms with van der Waals surface area (Å²) in [5.41, 5.74) is -0.992. The maximum atomic E-state index is 11.5. The maximum Gasteiger partial charge on any atom is 0.310 e. The highest BCUT2D eigenvalue weighted by molar-refractivity contribution is 7.89. The molecule has 1 fully saturated rings. The summed E-state index contributed by atoms with van der Waals surface area (Å²) in [5, 5.41) is 9.11. The molecule has 2 N–H and O–H groups in total. The predicted molar refractivity (Wildman–Crippen MR) is 60.5 cm³/mol. The van der Waals surface area contributed by atoms with Crippen molar-refractivity contribution in [1.82, 2.24) is 4.72 Å². The molecule has 2 unspecified atom stereocenters. The third-order valence-electron chi connectivity index (χ3n) is 3.11. The van der Waals surface area contributed by atoms with Gasteiger partial charge in [0.2, 0.25) is 10.0 Å². The zero-order chi connectivity index (χ0) is 12.4. The van der Waals surface area contributed by atoms with Gasteiger partial charge in [-0.05, 0) is 19.8 Å². The van der Waals surface area contributed by atoms with Gasteiger partial charge in [-0.2, -0.15) is 0 Å². The summed E-state index contributed by atoms with van der Waals surface area (Å²) in [4.78, 5) is 11.1. The standard InChI is InChI=1S/C10H17NO4S/c1-3-7-16(14,15)11-8-5-4-6-10(8,2)9(12)13/h3,8,11H,1,4-7H2,2H3,(H,12,13). The minimum absolute atomic E-state index is 0.181. The Hall–Kier alpha value is -0.880. The molecule has 0 saturated heterocycles. The molecular weight excluding hydrogens is 230 g/mol. The summed E-state index contributed by atoms with van der Waals surface area (Å²) >= 11 is 0. The largest absolute Gasteiger partial charge is 0.481 e. The molecule has 0 radical (unpaired) electrons. The van der Waals surface area contributed by atoms with Crippen LogP contribution in [-0.4, -0.2) is 31.3 Å². The van der Waals surface area contributed by atoms with E-state index in [9.17, 15) is 13.2 Å². The van der Waals surface area contributed by atoms with Gasteiger partial charge in [0.15, 0.2) is 0 Å². The number of aliphatic carboxylic acids is 1. The molecule has 0 spiro atoms. The molecule has 1 rings (SSSR count). The SMILES string of the molecule is C=CCS(=O)(=O)NC1CCCC1(C)C(=O)O. The predicted octanol–water partition coefficient (Wildman–Crippen LogP) is 0.735. The first-order chi connectivity index (χ1) is 7.32. The van der Waals surface area contributed by atoms with Crippen LogP contribution in [0.5, 0.6) is 0 Å². The fourth-order valence-electron chi connectivity index (χ4n) is 2.03. The van der Waals surface area contributed by atoms with E-state index in [0.29, 0.717) is 12.8 Å². The average molecular weight is 247 g/mol. The topological polar surface area (TPSA) is 83.5 Å². The number of rotatable bonds is 5. The number of nitrogens with one attached hydrogen (secondary N) is 1. The lowest BCUT2D eigenvalue weighted by atomic mass is 9.85. The van der Waals surface area contributed by atoms with Gasteiger partial charge in [0.05, 0.1) is 11.2 Å². The second kappa shape index (κ2) is 4.55. The molecule has 0 heterocycles. The fraction of sp³-hybridized carbons (Fsp3) is 0.700. The summed E-state index contributed by atoms with van der Waals surface area (Å²) in [6.07, 6.45) is 3.09. The van der Waals surface area contributed by atoms with Crippen LogP contribution in [0.3, 0.4) is 0 Å². The van der Waals surface area contributed by atoms with Gasteiger partial charge in [0.1, 0.15) is 0 Å². The number of carboxylic acid groups (broad SMARTS) is 1. The minimum atomic E-state index is -3.45. The van der Waals surface area contributed by atoms with Crippen LogP contribution in [0.25, 0.3) is 0 Å². The highest BCUT2D eigenvalue weighted by Crippen LogP contribution is 2.38. The van der Waals surface area contributed by atoms with Gasteiger partial charge in [-0.15, -0.1) is 6.58 Å². The normalized spacial score (nSPS) is 30.2. The van der Waals surface area contributed by atoms with Gasteiger partial charge >= 0.3 is 5.97 Å². The quantitative estimate of drug-likeness (QED) is 0.702. The van der Waals surface area contributed by atoms with E-state index in [1.165, 1.54) is 6.08 Å². The van der Waals surface area contributed by atoms with E-state index in [2.05, 4.69) is 11.3 Å². The van der Waals surface area contributed by atoms with E-state index in [-0.39, 0.29) is 5.75 Å². The summed E-state index contributed by atoms with van der Waals surface area (Å²) in [5.74, 6) is -1.13. The smallest absolute Gasteiger partial charge is 0.310 e. The lowest BCUT2D eigenvalue weighted by Crippen LogP contribution is -2.47. The van der Waals surface area contributed by atoms with Crippen molar-refractivity contribution >= 4 is 16.0 Å². The molecule has 0 amide bonds. The zero-order valence-corrected chi connectivity index (χ0v) is 10.1. The highest BCUT2D eigenvalue weighted by Gasteiger charge is 2.46. The number of hydrogen-bond donors (Lipinski definition) is 2. The Kier molecular flexibility index (Phi) is 3.75. The Labute approximate surface area is 95.6 Å². The summed E-state index contributed by atoms with van der Waals surface area (Å²) in [6, 6.07) is -0.519. The molecule has 0 aromatic carbocycles. The van der Waals surface area contributed by atoms with E-state index in [0.717, 1.165) is 6.42 Å². The monoisotopic (exact) mass is 247 g/mol. The van der Waals surface area contributed by atoms with Crippen molar-refractivity contribution in [2.24, 2.45) is 5.41 Å². The van der Waals surface area contributed by atoms with E-state index in [1.807, 2.05) is 0 Å². The molecule has 0 aromatic heterocycles. The zero-order valence-electron chi connectivity index (χ0n) is 9.27. The van der Waals surface area contributed by atoms with Crippen LogP contribution in [0.1, 0.15) is 26.2 Å². The number of carbonyl (C=O) groups is 1. The first-order valence-corrected chi connectivity index (χ1v) is 6.81. The van der Waals surface area contributed by atoms with E-state index >= 15 is 0 Å². The third-order valence-corrected chi connectivity index (χ3v) is 4.42. The molecule has 92 valence electrons. The Bertz CT molecular complexity index is 390. The van der Waals surface area contributed by atoms with Gasteiger partial charge in [-0.25, -0.2) is 13.1 Å². The number of hydrogen-bond acceptors (Lipinski definition) is 3. The van der Waals surface area contributed by atoms with Crippen molar-refractivity contribution in [1.29, 1.82) is 0 Å². The van der Waals surface area contributed by atoms with E-state index in [1.54, 1.807) is 6.92 Å². The summed E-state index contributed by atoms with van der Waals surface area (Å²) < 4.78 is 25.5.